The van der Waals surface area contributed by atoms with Crippen LogP contribution in [0.4, 0.5) is 28.9 Å². The molecule has 2 N–H and O–H groups in total. The number of amides is 1. The van der Waals surface area contributed by atoms with Gasteiger partial charge in [-0.2, -0.15) is 0 Å². The summed E-state index contributed by atoms with van der Waals surface area (Å²) in [6, 6.07) is 10.7. The molecule has 2 heterocycles. The molecular weight excluding hydrogens is 438 g/mol. The van der Waals surface area contributed by atoms with Crippen LogP contribution < -0.4 is 10.2 Å². The zero-order chi connectivity index (χ0) is 23.5. The molecule has 0 radical (unpaired) electrons. The Morgan fingerprint density at radius 1 is 1.15 bits per heavy atom. The zero-order valence-corrected chi connectivity index (χ0v) is 17.5. The van der Waals surface area contributed by atoms with Crippen molar-refractivity contribution in [3.63, 3.8) is 0 Å². The Balaban J connectivity index is 1.56. The molecule has 1 atom stereocenters. The summed E-state index contributed by atoms with van der Waals surface area (Å²) >= 11 is 0. The van der Waals surface area contributed by atoms with E-state index < -0.39 is 36.1 Å². The maximum Gasteiger partial charge on any atom is 0.251 e. The lowest BCUT2D eigenvalue weighted by Gasteiger charge is -2.20. The van der Waals surface area contributed by atoms with E-state index in [9.17, 15) is 22.4 Å². The fraction of sp³-hybridized carbons (Fsp3) is 0.250. The number of benzene rings is 2. The van der Waals surface area contributed by atoms with Crippen LogP contribution in [0.3, 0.4) is 0 Å². The lowest BCUT2D eigenvalue weighted by molar-refractivity contribution is 0.0927. The third-order valence-corrected chi connectivity index (χ3v) is 5.50. The molecule has 0 saturated heterocycles. The summed E-state index contributed by atoms with van der Waals surface area (Å²) in [6.45, 7) is -0.352. The normalized spacial score (nSPS) is 13.7. The molecule has 0 saturated carbocycles. The molecule has 3 aromatic rings. The summed E-state index contributed by atoms with van der Waals surface area (Å²) in [5.41, 5.74) is 3.65. The molecule has 2 aromatic carbocycles. The molecule has 5 nitrogen and oxygen atoms in total. The van der Waals surface area contributed by atoms with Crippen LogP contribution in [0.25, 0.3) is 0 Å². The van der Waals surface area contributed by atoms with E-state index >= 15 is 0 Å². The third-order valence-electron chi connectivity index (χ3n) is 5.50. The molecule has 0 bridgehead atoms. The first-order valence-electron chi connectivity index (χ1n) is 10.4. The Morgan fingerprint density at radius 3 is 2.64 bits per heavy atom. The number of halogens is 4. The maximum atomic E-state index is 13.5. The number of hydrogen-bond donors (Lipinski definition) is 2. The van der Waals surface area contributed by atoms with Crippen molar-refractivity contribution in [1.82, 2.24) is 10.3 Å². The van der Waals surface area contributed by atoms with Crippen LogP contribution in [0.2, 0.25) is 0 Å². The number of alkyl halides is 1. The number of aromatic nitrogens is 1. The number of nitrogens with one attached hydrogen (secondary N) is 1. The number of rotatable bonds is 7. The van der Waals surface area contributed by atoms with Crippen molar-refractivity contribution >= 4 is 17.3 Å². The number of aliphatic hydroxyl groups is 1. The minimum Gasteiger partial charge on any atom is -0.393 e. The van der Waals surface area contributed by atoms with Crippen molar-refractivity contribution in [2.24, 2.45) is 0 Å². The van der Waals surface area contributed by atoms with Crippen molar-refractivity contribution in [1.29, 1.82) is 0 Å². The second-order valence-corrected chi connectivity index (χ2v) is 7.75. The average molecular weight is 459 g/mol. The number of anilines is 2. The van der Waals surface area contributed by atoms with E-state index in [4.69, 9.17) is 5.11 Å². The first-order chi connectivity index (χ1) is 15.9. The van der Waals surface area contributed by atoms with Crippen LogP contribution in [-0.2, 0) is 12.8 Å². The third kappa shape index (κ3) is 4.83. The fourth-order valence-electron chi connectivity index (χ4n) is 3.93. The van der Waals surface area contributed by atoms with Gasteiger partial charge in [0.15, 0.2) is 17.5 Å². The van der Waals surface area contributed by atoms with Gasteiger partial charge in [0.05, 0.1) is 13.2 Å². The predicted octanol–water partition coefficient (Wildman–Crippen LogP) is 3.84. The van der Waals surface area contributed by atoms with Crippen molar-refractivity contribution in [3.8, 4) is 0 Å². The quantitative estimate of drug-likeness (QED) is 0.416. The summed E-state index contributed by atoms with van der Waals surface area (Å²) in [4.78, 5) is 18.8. The Morgan fingerprint density at radius 2 is 1.91 bits per heavy atom. The number of fused-ring (bicyclic) bond motifs is 1. The number of hydrogen-bond acceptors (Lipinski definition) is 4. The van der Waals surface area contributed by atoms with E-state index in [1.54, 1.807) is 30.5 Å². The van der Waals surface area contributed by atoms with E-state index in [1.807, 2.05) is 11.0 Å². The molecule has 4 rings (SSSR count). The summed E-state index contributed by atoms with van der Waals surface area (Å²) in [6.07, 6.45) is 0.747. The van der Waals surface area contributed by atoms with Crippen molar-refractivity contribution < 1.29 is 27.5 Å². The molecule has 1 aliphatic rings. The average Bonchev–Trinajstić information content (AvgIpc) is 3.25. The maximum absolute atomic E-state index is 13.5. The molecule has 33 heavy (non-hydrogen) atoms. The van der Waals surface area contributed by atoms with Crippen LogP contribution in [0, 0.1) is 17.5 Å². The van der Waals surface area contributed by atoms with Crippen molar-refractivity contribution in [2.75, 3.05) is 24.6 Å². The van der Waals surface area contributed by atoms with Crippen molar-refractivity contribution in [2.45, 2.75) is 19.0 Å². The van der Waals surface area contributed by atoms with Gasteiger partial charge >= 0.3 is 0 Å². The van der Waals surface area contributed by atoms with Gasteiger partial charge in [-0.05, 0) is 53.9 Å². The lowest BCUT2D eigenvalue weighted by atomic mass is 10.0. The van der Waals surface area contributed by atoms with Gasteiger partial charge in [0, 0.05) is 41.8 Å². The highest BCUT2D eigenvalue weighted by Crippen LogP contribution is 2.36. The summed E-state index contributed by atoms with van der Waals surface area (Å²) in [7, 11) is 0. The minimum absolute atomic E-state index is 0.111. The molecule has 0 fully saturated rings. The Hall–Kier alpha value is -3.46. The summed E-state index contributed by atoms with van der Waals surface area (Å²) in [5, 5.41) is 11.3. The number of pyridine rings is 1. The van der Waals surface area contributed by atoms with Crippen molar-refractivity contribution in [3.05, 3.63) is 88.5 Å². The molecule has 1 aliphatic heterocycles. The smallest absolute Gasteiger partial charge is 0.251 e. The van der Waals surface area contributed by atoms with Gasteiger partial charge in [-0.3, -0.25) is 9.78 Å². The standard InChI is InChI=1S/C24H21F4N3O2/c25-15(13-32)12-30-24(33)19-2-1-3-22-18(19)5-7-31(22)17-4-6-29-16(11-17)8-14-9-20(26)23(28)21(27)10-14/h1-4,6,9-11,15,32H,5,7-8,12-13H2,(H,30,33). The fourth-order valence-corrected chi connectivity index (χ4v) is 3.93. The first kappa shape index (κ1) is 22.7. The van der Waals surface area contributed by atoms with Gasteiger partial charge in [0.25, 0.3) is 5.91 Å². The van der Waals surface area contributed by atoms with Crippen LogP contribution in [-0.4, -0.2) is 41.9 Å². The summed E-state index contributed by atoms with van der Waals surface area (Å²) < 4.78 is 53.6. The van der Waals surface area contributed by atoms with E-state index in [-0.39, 0.29) is 18.5 Å². The van der Waals surface area contributed by atoms with E-state index in [0.29, 0.717) is 24.2 Å². The van der Waals surface area contributed by atoms with E-state index in [0.717, 1.165) is 29.1 Å². The van der Waals surface area contributed by atoms with E-state index in [2.05, 4.69) is 10.3 Å². The number of carbonyl (C=O) groups is 1. The first-order valence-corrected chi connectivity index (χ1v) is 10.4. The van der Waals surface area contributed by atoms with Crippen LogP contribution in [0.1, 0.15) is 27.2 Å². The molecular formula is C24H21F4N3O2. The molecule has 9 heteroatoms. The molecule has 172 valence electrons. The number of nitrogens with zero attached hydrogens (tertiary/aromatic N) is 2. The molecule has 1 amide bonds. The van der Waals surface area contributed by atoms with Gasteiger partial charge < -0.3 is 15.3 Å². The van der Waals surface area contributed by atoms with Gasteiger partial charge in [0.1, 0.15) is 6.17 Å². The molecule has 1 aromatic heterocycles. The van der Waals surface area contributed by atoms with Gasteiger partial charge in [-0.1, -0.05) is 6.07 Å². The Kier molecular flexibility index (Phi) is 6.60. The Bertz CT molecular complexity index is 1170. The minimum atomic E-state index is -1.53. The van der Waals surface area contributed by atoms with Crippen LogP contribution >= 0.6 is 0 Å². The number of carbonyl (C=O) groups excluding carboxylic acids is 1. The highest BCUT2D eigenvalue weighted by Gasteiger charge is 2.26. The van der Waals surface area contributed by atoms with E-state index in [1.165, 1.54) is 0 Å². The largest absolute Gasteiger partial charge is 0.393 e. The monoisotopic (exact) mass is 459 g/mol. The molecule has 1 unspecified atom stereocenters. The number of aliphatic hydroxyl groups excluding tert-OH is 1. The highest BCUT2D eigenvalue weighted by atomic mass is 19.2. The highest BCUT2D eigenvalue weighted by molar-refractivity contribution is 5.98. The topological polar surface area (TPSA) is 65.5 Å². The second-order valence-electron chi connectivity index (χ2n) is 7.75. The van der Waals surface area contributed by atoms with Gasteiger partial charge in [0.2, 0.25) is 0 Å². The van der Waals surface area contributed by atoms with Crippen LogP contribution in [0.15, 0.2) is 48.7 Å². The summed E-state index contributed by atoms with van der Waals surface area (Å²) in [5.74, 6) is -4.43. The molecule has 0 spiro atoms. The van der Waals surface area contributed by atoms with Crippen LogP contribution in [0.5, 0.6) is 0 Å². The van der Waals surface area contributed by atoms with Gasteiger partial charge in [-0.25, -0.2) is 17.6 Å². The zero-order valence-electron chi connectivity index (χ0n) is 17.5. The second kappa shape index (κ2) is 9.58. The Labute approximate surface area is 187 Å². The SMILES string of the molecule is O=C(NCC(F)CO)c1cccc2c1CCN2c1ccnc(Cc2cc(F)c(F)c(F)c2)c1. The predicted molar refractivity (Wildman–Crippen MR) is 115 cm³/mol. The lowest BCUT2D eigenvalue weighted by Crippen LogP contribution is -2.32. The molecule has 0 aliphatic carbocycles. The van der Waals surface area contributed by atoms with Gasteiger partial charge in [-0.15, -0.1) is 0 Å².